The van der Waals surface area contributed by atoms with Crippen LogP contribution in [-0.4, -0.2) is 80.0 Å². The summed E-state index contributed by atoms with van der Waals surface area (Å²) in [5, 5.41) is 5.93. The van der Waals surface area contributed by atoms with E-state index >= 15 is 0 Å². The van der Waals surface area contributed by atoms with Crippen LogP contribution in [0.4, 0.5) is 5.69 Å². The molecule has 3 rings (SSSR count). The van der Waals surface area contributed by atoms with Gasteiger partial charge < -0.3 is 20.3 Å². The molecule has 0 bridgehead atoms. The molecule has 0 radical (unpaired) electrons. The fourth-order valence-electron chi connectivity index (χ4n) is 4.03. The van der Waals surface area contributed by atoms with Gasteiger partial charge in [-0.05, 0) is 50.1 Å². The lowest BCUT2D eigenvalue weighted by Crippen LogP contribution is -2.43. The molecule has 0 atom stereocenters. The van der Waals surface area contributed by atoms with E-state index in [1.807, 2.05) is 25.7 Å². The second-order valence-corrected chi connectivity index (χ2v) is 9.95. The van der Waals surface area contributed by atoms with Gasteiger partial charge in [0.05, 0.1) is 13.2 Å². The Morgan fingerprint density at radius 2 is 1.64 bits per heavy atom. The number of morpholine rings is 1. The summed E-state index contributed by atoms with van der Waals surface area (Å²) in [5.74, 6) is -0.0356. The van der Waals surface area contributed by atoms with E-state index in [2.05, 4.69) is 15.5 Å². The number of nitrogens with one attached hydrogen (secondary N) is 2. The van der Waals surface area contributed by atoms with Crippen molar-refractivity contribution in [3.8, 4) is 0 Å². The SMILES string of the molecule is CC(C)(C)C(=O)Nc1ccc(C(=O)N2CCC(C(=O)NCCCN3CCOCC3)CC2)cc1. The van der Waals surface area contributed by atoms with Crippen LogP contribution >= 0.6 is 0 Å². The summed E-state index contributed by atoms with van der Waals surface area (Å²) in [4.78, 5) is 41.7. The van der Waals surface area contributed by atoms with E-state index in [0.29, 0.717) is 43.7 Å². The maximum atomic E-state index is 12.9. The summed E-state index contributed by atoms with van der Waals surface area (Å²) in [6.07, 6.45) is 2.30. The zero-order chi connectivity index (χ0) is 23.8. The van der Waals surface area contributed by atoms with Crippen LogP contribution in [0.2, 0.25) is 0 Å². The molecule has 0 spiro atoms. The fraction of sp³-hybridized carbons (Fsp3) is 0.640. The molecule has 2 aliphatic rings. The van der Waals surface area contributed by atoms with Crippen LogP contribution in [0.15, 0.2) is 24.3 Å². The van der Waals surface area contributed by atoms with Gasteiger partial charge in [-0.1, -0.05) is 20.8 Å². The van der Waals surface area contributed by atoms with Crippen molar-refractivity contribution in [1.82, 2.24) is 15.1 Å². The van der Waals surface area contributed by atoms with Crippen LogP contribution in [0, 0.1) is 11.3 Å². The maximum absolute atomic E-state index is 12.9. The molecule has 8 nitrogen and oxygen atoms in total. The van der Waals surface area contributed by atoms with E-state index in [0.717, 1.165) is 39.3 Å². The van der Waals surface area contributed by atoms with Crippen LogP contribution in [0.1, 0.15) is 50.4 Å². The number of amides is 3. The molecule has 1 aromatic rings. The second kappa shape index (κ2) is 11.6. The number of hydrogen-bond acceptors (Lipinski definition) is 5. The van der Waals surface area contributed by atoms with E-state index < -0.39 is 5.41 Å². The Kier molecular flexibility index (Phi) is 8.86. The van der Waals surface area contributed by atoms with Crippen molar-refractivity contribution in [1.29, 1.82) is 0 Å². The number of benzene rings is 1. The van der Waals surface area contributed by atoms with E-state index in [1.165, 1.54) is 0 Å². The van der Waals surface area contributed by atoms with E-state index in [-0.39, 0.29) is 23.6 Å². The van der Waals surface area contributed by atoms with Gasteiger partial charge in [-0.25, -0.2) is 0 Å². The summed E-state index contributed by atoms with van der Waals surface area (Å²) in [5.41, 5.74) is 0.790. The Bertz CT molecular complexity index is 805. The molecule has 2 fully saturated rings. The minimum atomic E-state index is -0.478. The highest BCUT2D eigenvalue weighted by Crippen LogP contribution is 2.21. The number of ether oxygens (including phenoxy) is 1. The molecule has 0 unspecified atom stereocenters. The molecule has 0 aliphatic carbocycles. The molecule has 33 heavy (non-hydrogen) atoms. The smallest absolute Gasteiger partial charge is 0.253 e. The highest BCUT2D eigenvalue weighted by atomic mass is 16.5. The normalized spacial score (nSPS) is 18.1. The molecule has 2 N–H and O–H groups in total. The van der Waals surface area contributed by atoms with Crippen molar-refractivity contribution < 1.29 is 19.1 Å². The minimum absolute atomic E-state index is 0.0342. The van der Waals surface area contributed by atoms with Gasteiger partial charge in [0, 0.05) is 55.3 Å². The number of carbonyl (C=O) groups excluding carboxylic acids is 3. The number of piperidine rings is 1. The fourth-order valence-corrected chi connectivity index (χ4v) is 4.03. The lowest BCUT2D eigenvalue weighted by atomic mass is 9.95. The molecule has 1 aromatic carbocycles. The monoisotopic (exact) mass is 458 g/mol. The molecule has 0 saturated carbocycles. The van der Waals surface area contributed by atoms with Gasteiger partial charge in [0.15, 0.2) is 0 Å². The summed E-state index contributed by atoms with van der Waals surface area (Å²) < 4.78 is 5.35. The van der Waals surface area contributed by atoms with E-state index in [4.69, 9.17) is 4.74 Å². The summed E-state index contributed by atoms with van der Waals surface area (Å²) >= 11 is 0. The van der Waals surface area contributed by atoms with Crippen molar-refractivity contribution in [2.75, 3.05) is 57.8 Å². The summed E-state index contributed by atoms with van der Waals surface area (Å²) in [6.45, 7) is 11.9. The average molecular weight is 459 g/mol. The molecule has 2 saturated heterocycles. The lowest BCUT2D eigenvalue weighted by Gasteiger charge is -2.31. The van der Waals surface area contributed by atoms with Gasteiger partial charge in [0.2, 0.25) is 11.8 Å². The minimum Gasteiger partial charge on any atom is -0.379 e. The largest absolute Gasteiger partial charge is 0.379 e. The molecule has 2 aliphatic heterocycles. The van der Waals surface area contributed by atoms with Gasteiger partial charge in [0.25, 0.3) is 5.91 Å². The van der Waals surface area contributed by atoms with Crippen LogP contribution < -0.4 is 10.6 Å². The highest BCUT2D eigenvalue weighted by molar-refractivity contribution is 5.97. The molecule has 8 heteroatoms. The summed E-state index contributed by atoms with van der Waals surface area (Å²) in [6, 6.07) is 7.00. The van der Waals surface area contributed by atoms with Crippen LogP contribution in [0.25, 0.3) is 0 Å². The van der Waals surface area contributed by atoms with Crippen molar-refractivity contribution in [2.24, 2.45) is 11.3 Å². The first kappa shape index (κ1) is 25.2. The van der Waals surface area contributed by atoms with Gasteiger partial charge in [-0.3, -0.25) is 19.3 Å². The standard InChI is InChI=1S/C25H38N4O4/c1-25(2,3)24(32)27-21-7-5-20(6-8-21)23(31)29-13-9-19(10-14-29)22(30)26-11-4-12-28-15-17-33-18-16-28/h5-8,19H,4,9-18H2,1-3H3,(H,26,30)(H,27,32). The van der Waals surface area contributed by atoms with Gasteiger partial charge in [-0.2, -0.15) is 0 Å². The van der Waals surface area contributed by atoms with E-state index in [9.17, 15) is 14.4 Å². The summed E-state index contributed by atoms with van der Waals surface area (Å²) in [7, 11) is 0. The Morgan fingerprint density at radius 1 is 1.00 bits per heavy atom. The number of likely N-dealkylation sites (tertiary alicyclic amines) is 1. The second-order valence-electron chi connectivity index (χ2n) is 9.95. The topological polar surface area (TPSA) is 91.0 Å². The van der Waals surface area contributed by atoms with Crippen molar-refractivity contribution in [2.45, 2.75) is 40.0 Å². The number of nitrogens with zero attached hydrogens (tertiary/aromatic N) is 2. The first-order valence-electron chi connectivity index (χ1n) is 12.0. The molecule has 0 aromatic heterocycles. The highest BCUT2D eigenvalue weighted by Gasteiger charge is 2.28. The van der Waals surface area contributed by atoms with Crippen LogP contribution in [-0.2, 0) is 14.3 Å². The van der Waals surface area contributed by atoms with Crippen LogP contribution in [0.3, 0.4) is 0 Å². The predicted octanol–water partition coefficient (Wildman–Crippen LogP) is 2.36. The zero-order valence-corrected chi connectivity index (χ0v) is 20.2. The number of carbonyl (C=O) groups is 3. The number of anilines is 1. The molecule has 3 amide bonds. The van der Waals surface area contributed by atoms with Crippen molar-refractivity contribution in [3.63, 3.8) is 0 Å². The Morgan fingerprint density at radius 3 is 2.24 bits per heavy atom. The van der Waals surface area contributed by atoms with Gasteiger partial charge in [0.1, 0.15) is 0 Å². The van der Waals surface area contributed by atoms with Crippen LogP contribution in [0.5, 0.6) is 0 Å². The van der Waals surface area contributed by atoms with Crippen molar-refractivity contribution >= 4 is 23.4 Å². The Labute approximate surface area is 197 Å². The van der Waals surface area contributed by atoms with Gasteiger partial charge >= 0.3 is 0 Å². The lowest BCUT2D eigenvalue weighted by molar-refractivity contribution is -0.126. The third kappa shape index (κ3) is 7.54. The third-order valence-electron chi connectivity index (χ3n) is 6.28. The first-order valence-corrected chi connectivity index (χ1v) is 12.0. The van der Waals surface area contributed by atoms with Gasteiger partial charge in [-0.15, -0.1) is 0 Å². The number of rotatable bonds is 7. The Balaban J connectivity index is 1.38. The first-order chi connectivity index (χ1) is 15.7. The third-order valence-corrected chi connectivity index (χ3v) is 6.28. The molecular formula is C25H38N4O4. The number of hydrogen-bond donors (Lipinski definition) is 2. The Hall–Kier alpha value is -2.45. The average Bonchev–Trinajstić information content (AvgIpc) is 2.82. The maximum Gasteiger partial charge on any atom is 0.253 e. The predicted molar refractivity (Wildman–Crippen MR) is 128 cm³/mol. The zero-order valence-electron chi connectivity index (χ0n) is 20.2. The molecule has 182 valence electrons. The van der Waals surface area contributed by atoms with E-state index in [1.54, 1.807) is 24.3 Å². The van der Waals surface area contributed by atoms with Crippen molar-refractivity contribution in [3.05, 3.63) is 29.8 Å². The quantitative estimate of drug-likeness (QED) is 0.612. The molecule has 2 heterocycles. The molecular weight excluding hydrogens is 420 g/mol.